The van der Waals surface area contributed by atoms with Crippen molar-refractivity contribution in [1.82, 2.24) is 19.7 Å². The maximum absolute atomic E-state index is 12.5. The quantitative estimate of drug-likeness (QED) is 0.493. The van der Waals surface area contributed by atoms with Crippen LogP contribution in [0.1, 0.15) is 35.9 Å². The smallest absolute Gasteiger partial charge is 0.262 e. The topological polar surface area (TPSA) is 75.6 Å². The van der Waals surface area contributed by atoms with E-state index in [-0.39, 0.29) is 11.5 Å². The molecule has 0 saturated heterocycles. The second-order valence-electron chi connectivity index (χ2n) is 6.96. The van der Waals surface area contributed by atoms with Gasteiger partial charge in [-0.15, -0.1) is 0 Å². The predicted molar refractivity (Wildman–Crippen MR) is 113 cm³/mol. The molecule has 1 aromatic carbocycles. The first kappa shape index (κ1) is 20.2. The van der Waals surface area contributed by atoms with Gasteiger partial charge in [-0.3, -0.25) is 4.79 Å². The van der Waals surface area contributed by atoms with Gasteiger partial charge in [0.2, 0.25) is 0 Å². The molecule has 0 atom stereocenters. The van der Waals surface area contributed by atoms with Crippen LogP contribution in [0, 0.1) is 25.2 Å². The van der Waals surface area contributed by atoms with Crippen molar-refractivity contribution in [3.05, 3.63) is 76.9 Å². The predicted octanol–water partition coefficient (Wildman–Crippen LogP) is 3.92. The molecule has 0 aliphatic heterocycles. The minimum absolute atomic E-state index is 0.0946. The van der Waals surface area contributed by atoms with Gasteiger partial charge in [-0.05, 0) is 50.1 Å². The average Bonchev–Trinajstić information content (AvgIpc) is 3.31. The molecular formula is C23H25N5O. The van der Waals surface area contributed by atoms with E-state index >= 15 is 0 Å². The minimum atomic E-state index is -0.389. The summed E-state index contributed by atoms with van der Waals surface area (Å²) < 4.78 is 3.96. The number of rotatable bonds is 7. The highest BCUT2D eigenvalue weighted by atomic mass is 16.1. The van der Waals surface area contributed by atoms with E-state index in [1.807, 2.05) is 62.5 Å². The number of nitrogens with zero attached hydrogens (tertiary/aromatic N) is 4. The average molecular weight is 387 g/mol. The Morgan fingerprint density at radius 2 is 2.03 bits per heavy atom. The summed E-state index contributed by atoms with van der Waals surface area (Å²) in [6.45, 7) is 7.41. The molecule has 148 valence electrons. The summed E-state index contributed by atoms with van der Waals surface area (Å²) in [4.78, 5) is 12.5. The van der Waals surface area contributed by atoms with Gasteiger partial charge in [0.05, 0.1) is 11.9 Å². The van der Waals surface area contributed by atoms with Gasteiger partial charge in [0.25, 0.3) is 5.91 Å². The Morgan fingerprint density at radius 3 is 2.72 bits per heavy atom. The fraction of sp³-hybridized carbons (Fsp3) is 0.261. The molecule has 6 nitrogen and oxygen atoms in total. The fourth-order valence-electron chi connectivity index (χ4n) is 3.30. The summed E-state index contributed by atoms with van der Waals surface area (Å²) in [5.41, 5.74) is 5.00. The number of hydrogen-bond donors (Lipinski definition) is 1. The van der Waals surface area contributed by atoms with Crippen molar-refractivity contribution in [1.29, 1.82) is 5.26 Å². The zero-order valence-corrected chi connectivity index (χ0v) is 17.0. The van der Waals surface area contributed by atoms with E-state index in [4.69, 9.17) is 0 Å². The first-order valence-corrected chi connectivity index (χ1v) is 9.69. The Hall–Kier alpha value is -3.59. The molecule has 2 aromatic heterocycles. The monoisotopic (exact) mass is 387 g/mol. The van der Waals surface area contributed by atoms with Crippen LogP contribution in [-0.4, -0.2) is 20.3 Å². The summed E-state index contributed by atoms with van der Waals surface area (Å²) in [6.07, 6.45) is 6.27. The Balaban J connectivity index is 1.70. The Kier molecular flexibility index (Phi) is 6.30. The molecule has 0 aliphatic rings. The Bertz CT molecular complexity index is 1070. The van der Waals surface area contributed by atoms with Crippen molar-refractivity contribution in [2.75, 3.05) is 0 Å². The highest BCUT2D eigenvalue weighted by Crippen LogP contribution is 2.19. The molecule has 3 rings (SSSR count). The zero-order valence-electron chi connectivity index (χ0n) is 17.0. The summed E-state index contributed by atoms with van der Waals surface area (Å²) in [5.74, 6) is -0.389. The van der Waals surface area contributed by atoms with Crippen molar-refractivity contribution >= 4 is 12.0 Å². The van der Waals surface area contributed by atoms with E-state index in [0.29, 0.717) is 6.54 Å². The van der Waals surface area contributed by atoms with E-state index in [1.54, 1.807) is 17.0 Å². The number of carbonyl (C=O) groups is 1. The number of aryl methyl sites for hydroxylation is 1. The number of carbonyl (C=O) groups excluding carboxylic acids is 1. The molecule has 0 aliphatic carbocycles. The van der Waals surface area contributed by atoms with Crippen molar-refractivity contribution in [3.63, 3.8) is 0 Å². The number of amides is 1. The van der Waals surface area contributed by atoms with Crippen LogP contribution in [0.25, 0.3) is 11.8 Å². The van der Waals surface area contributed by atoms with Crippen LogP contribution in [0.2, 0.25) is 0 Å². The maximum Gasteiger partial charge on any atom is 0.262 e. The van der Waals surface area contributed by atoms with Gasteiger partial charge in [-0.2, -0.15) is 10.4 Å². The number of para-hydroxylation sites is 1. The highest BCUT2D eigenvalue weighted by Gasteiger charge is 2.13. The molecule has 29 heavy (non-hydrogen) atoms. The van der Waals surface area contributed by atoms with E-state index in [9.17, 15) is 10.1 Å². The molecule has 0 radical (unpaired) electrons. The van der Waals surface area contributed by atoms with Crippen molar-refractivity contribution in [2.24, 2.45) is 0 Å². The first-order valence-electron chi connectivity index (χ1n) is 9.69. The number of hydrogen-bond acceptors (Lipinski definition) is 3. The summed E-state index contributed by atoms with van der Waals surface area (Å²) >= 11 is 0. The van der Waals surface area contributed by atoms with Gasteiger partial charge in [0.1, 0.15) is 11.6 Å². The van der Waals surface area contributed by atoms with Gasteiger partial charge in [-0.25, -0.2) is 4.68 Å². The number of nitrogens with one attached hydrogen (secondary N) is 1. The maximum atomic E-state index is 12.5. The Morgan fingerprint density at radius 1 is 1.28 bits per heavy atom. The van der Waals surface area contributed by atoms with Crippen molar-refractivity contribution in [3.8, 4) is 11.8 Å². The van der Waals surface area contributed by atoms with Crippen LogP contribution in [0.4, 0.5) is 0 Å². The second-order valence-corrected chi connectivity index (χ2v) is 6.96. The van der Waals surface area contributed by atoms with Gasteiger partial charge in [0, 0.05) is 36.2 Å². The third kappa shape index (κ3) is 4.64. The normalized spacial score (nSPS) is 11.3. The van der Waals surface area contributed by atoms with Crippen molar-refractivity contribution < 1.29 is 4.79 Å². The van der Waals surface area contributed by atoms with Gasteiger partial charge >= 0.3 is 0 Å². The molecule has 2 heterocycles. The molecule has 0 saturated carbocycles. The molecule has 0 spiro atoms. The van der Waals surface area contributed by atoms with Gasteiger partial charge < -0.3 is 9.88 Å². The molecule has 1 amide bonds. The lowest BCUT2D eigenvalue weighted by atomic mass is 10.1. The lowest BCUT2D eigenvalue weighted by Crippen LogP contribution is -2.23. The summed E-state index contributed by atoms with van der Waals surface area (Å²) in [7, 11) is 0. The lowest BCUT2D eigenvalue weighted by molar-refractivity contribution is -0.117. The van der Waals surface area contributed by atoms with E-state index in [0.717, 1.165) is 41.2 Å². The van der Waals surface area contributed by atoms with Crippen LogP contribution in [0.5, 0.6) is 0 Å². The van der Waals surface area contributed by atoms with Gasteiger partial charge in [0.15, 0.2) is 0 Å². The third-order valence-electron chi connectivity index (χ3n) is 4.83. The molecule has 6 heteroatoms. The molecule has 0 bridgehead atoms. The number of nitriles is 1. The van der Waals surface area contributed by atoms with Crippen LogP contribution in [-0.2, 0) is 17.9 Å². The van der Waals surface area contributed by atoms with Crippen molar-refractivity contribution in [2.45, 2.75) is 40.3 Å². The van der Waals surface area contributed by atoms with E-state index in [1.165, 1.54) is 0 Å². The summed E-state index contributed by atoms with van der Waals surface area (Å²) in [5, 5.41) is 16.6. The minimum Gasteiger partial charge on any atom is -0.349 e. The SMILES string of the molecule is CCCn1c(C)cc(/C=C(\C#N)C(=O)NCc2cnn(-c3ccccc3)c2)c1C. The standard InChI is InChI=1S/C23H25N5O/c1-4-10-27-17(2)11-20(18(27)3)12-21(13-24)23(29)25-14-19-15-26-28(16-19)22-8-6-5-7-9-22/h5-9,11-12,15-16H,4,10,14H2,1-3H3,(H,25,29)/b21-12+. The van der Waals surface area contributed by atoms with Crippen LogP contribution in [0.15, 0.2) is 54.4 Å². The number of aromatic nitrogens is 3. The largest absolute Gasteiger partial charge is 0.349 e. The second kappa shape index (κ2) is 9.07. The fourth-order valence-corrected chi connectivity index (χ4v) is 3.30. The lowest BCUT2D eigenvalue weighted by Gasteiger charge is -2.07. The Labute approximate surface area is 171 Å². The molecular weight excluding hydrogens is 362 g/mol. The zero-order chi connectivity index (χ0) is 20.8. The van der Waals surface area contributed by atoms with E-state index in [2.05, 4.69) is 21.9 Å². The van der Waals surface area contributed by atoms with Gasteiger partial charge in [-0.1, -0.05) is 25.1 Å². The molecule has 3 aromatic rings. The third-order valence-corrected chi connectivity index (χ3v) is 4.83. The highest BCUT2D eigenvalue weighted by molar-refractivity contribution is 6.01. The first-order chi connectivity index (χ1) is 14.0. The van der Waals surface area contributed by atoms with Crippen LogP contribution >= 0.6 is 0 Å². The number of benzene rings is 1. The summed E-state index contributed by atoms with van der Waals surface area (Å²) in [6, 6.07) is 13.8. The molecule has 1 N–H and O–H groups in total. The molecule has 0 unspecified atom stereocenters. The van der Waals surface area contributed by atoms with Crippen LogP contribution < -0.4 is 5.32 Å². The van der Waals surface area contributed by atoms with Crippen LogP contribution in [0.3, 0.4) is 0 Å². The van der Waals surface area contributed by atoms with E-state index < -0.39 is 0 Å². The molecule has 0 fully saturated rings.